The maximum atomic E-state index is 12.8. The second-order valence-corrected chi connectivity index (χ2v) is 5.86. The van der Waals surface area contributed by atoms with E-state index in [-0.39, 0.29) is 24.0 Å². The fraction of sp³-hybridized carbons (Fsp3) is 0.786. The van der Waals surface area contributed by atoms with Crippen LogP contribution in [0.25, 0.3) is 0 Å². The van der Waals surface area contributed by atoms with Gasteiger partial charge in [0.05, 0.1) is 6.54 Å². The summed E-state index contributed by atoms with van der Waals surface area (Å²) < 4.78 is 40.3. The molecule has 0 aliphatic carbocycles. The third kappa shape index (κ3) is 5.43. The van der Waals surface area contributed by atoms with Gasteiger partial charge in [0.2, 0.25) is 0 Å². The maximum absolute atomic E-state index is 12.8. The zero-order valence-corrected chi connectivity index (χ0v) is 17.2. The second-order valence-electron chi connectivity index (χ2n) is 5.86. The van der Waals surface area contributed by atoms with Gasteiger partial charge in [0.15, 0.2) is 11.8 Å². The molecule has 11 heteroatoms. The Morgan fingerprint density at radius 1 is 1.24 bits per heavy atom. The molecule has 1 saturated heterocycles. The molecule has 0 aromatic carbocycles. The van der Waals surface area contributed by atoms with E-state index in [1.807, 2.05) is 23.4 Å². The highest BCUT2D eigenvalue weighted by molar-refractivity contribution is 14.0. The van der Waals surface area contributed by atoms with Gasteiger partial charge in [-0.25, -0.2) is 0 Å². The molecule has 0 spiro atoms. The van der Waals surface area contributed by atoms with Crippen molar-refractivity contribution in [3.05, 3.63) is 11.6 Å². The SMILES string of the molecule is CN=C(NCc1nnc(C)n1C)N1CCN(C(C)C(F)(F)F)CC1.I. The van der Waals surface area contributed by atoms with Crippen LogP contribution in [0.1, 0.15) is 18.6 Å². The maximum Gasteiger partial charge on any atom is 0.403 e. The Balaban J connectivity index is 0.00000312. The zero-order chi connectivity index (χ0) is 17.9. The van der Waals surface area contributed by atoms with E-state index in [9.17, 15) is 13.2 Å². The van der Waals surface area contributed by atoms with Crippen molar-refractivity contribution in [2.75, 3.05) is 33.2 Å². The van der Waals surface area contributed by atoms with E-state index >= 15 is 0 Å². The molecule has 1 N–H and O–H groups in total. The molecule has 1 aliphatic heterocycles. The van der Waals surface area contributed by atoms with Gasteiger partial charge in [0.1, 0.15) is 11.9 Å². The Bertz CT molecular complexity index is 579. The first kappa shape index (κ1) is 21.9. The summed E-state index contributed by atoms with van der Waals surface area (Å²) in [5, 5.41) is 11.3. The first-order valence-corrected chi connectivity index (χ1v) is 7.85. The summed E-state index contributed by atoms with van der Waals surface area (Å²) in [6.45, 7) is 5.24. The largest absolute Gasteiger partial charge is 0.403 e. The molecular formula is C14H25F3IN7. The van der Waals surface area contributed by atoms with Gasteiger partial charge in [-0.3, -0.25) is 9.89 Å². The quantitative estimate of drug-likeness (QED) is 0.407. The molecule has 0 amide bonds. The normalized spacial score (nSPS) is 18.0. The predicted octanol–water partition coefficient (Wildman–Crippen LogP) is 1.39. The molecule has 0 bridgehead atoms. The smallest absolute Gasteiger partial charge is 0.349 e. The number of nitrogens with zero attached hydrogens (tertiary/aromatic N) is 6. The number of halogens is 4. The predicted molar refractivity (Wildman–Crippen MR) is 100 cm³/mol. The molecular weight excluding hydrogens is 450 g/mol. The lowest BCUT2D eigenvalue weighted by Gasteiger charge is -2.39. The van der Waals surface area contributed by atoms with Gasteiger partial charge in [-0.15, -0.1) is 34.2 Å². The van der Waals surface area contributed by atoms with Crippen molar-refractivity contribution in [1.29, 1.82) is 0 Å². The van der Waals surface area contributed by atoms with Crippen molar-refractivity contribution in [3.63, 3.8) is 0 Å². The van der Waals surface area contributed by atoms with Crippen molar-refractivity contribution >= 4 is 29.9 Å². The van der Waals surface area contributed by atoms with Gasteiger partial charge in [-0.05, 0) is 13.8 Å². The molecule has 1 aromatic rings. The number of rotatable bonds is 3. The topological polar surface area (TPSA) is 61.6 Å². The molecule has 144 valence electrons. The van der Waals surface area contributed by atoms with Gasteiger partial charge in [-0.2, -0.15) is 13.2 Å². The second kappa shape index (κ2) is 9.01. The number of piperazine rings is 1. The Labute approximate surface area is 162 Å². The zero-order valence-electron chi connectivity index (χ0n) is 14.8. The summed E-state index contributed by atoms with van der Waals surface area (Å²) in [7, 11) is 3.54. The summed E-state index contributed by atoms with van der Waals surface area (Å²) in [6.07, 6.45) is -4.19. The number of nitrogens with one attached hydrogen (secondary N) is 1. The minimum atomic E-state index is -4.19. The molecule has 25 heavy (non-hydrogen) atoms. The summed E-state index contributed by atoms with van der Waals surface area (Å²) in [5.41, 5.74) is 0. The molecule has 1 unspecified atom stereocenters. The van der Waals surface area contributed by atoms with Crippen LogP contribution in [0, 0.1) is 6.92 Å². The monoisotopic (exact) mass is 475 g/mol. The van der Waals surface area contributed by atoms with E-state index in [2.05, 4.69) is 20.5 Å². The van der Waals surface area contributed by atoms with E-state index in [0.29, 0.717) is 38.7 Å². The first-order chi connectivity index (χ1) is 11.2. The van der Waals surface area contributed by atoms with Crippen LogP contribution in [-0.4, -0.2) is 76.0 Å². The third-order valence-electron chi connectivity index (χ3n) is 4.43. The minimum Gasteiger partial charge on any atom is -0.349 e. The number of aromatic nitrogens is 3. The molecule has 1 aliphatic rings. The molecule has 1 aromatic heterocycles. The third-order valence-corrected chi connectivity index (χ3v) is 4.43. The lowest BCUT2D eigenvalue weighted by molar-refractivity contribution is -0.181. The van der Waals surface area contributed by atoms with Crippen molar-refractivity contribution in [3.8, 4) is 0 Å². The summed E-state index contributed by atoms with van der Waals surface area (Å²) in [5.74, 6) is 2.25. The number of guanidine groups is 1. The molecule has 1 fully saturated rings. The Morgan fingerprint density at radius 3 is 2.28 bits per heavy atom. The van der Waals surface area contributed by atoms with Crippen molar-refractivity contribution in [1.82, 2.24) is 29.9 Å². The Kier molecular flexibility index (Phi) is 7.90. The van der Waals surface area contributed by atoms with Crippen molar-refractivity contribution in [2.45, 2.75) is 32.6 Å². The molecule has 0 saturated carbocycles. The number of hydrogen-bond donors (Lipinski definition) is 1. The highest BCUT2D eigenvalue weighted by Gasteiger charge is 2.41. The van der Waals surface area contributed by atoms with Crippen LogP contribution in [0.5, 0.6) is 0 Å². The lowest BCUT2D eigenvalue weighted by Crippen LogP contribution is -2.56. The van der Waals surface area contributed by atoms with Crippen LogP contribution in [-0.2, 0) is 13.6 Å². The Hall–Kier alpha value is -1.11. The van der Waals surface area contributed by atoms with Gasteiger partial charge >= 0.3 is 6.18 Å². The standard InChI is InChI=1S/C14H24F3N7.HI/c1-10(14(15,16)17)23-5-7-24(8-6-23)13(18-3)19-9-12-21-20-11(2)22(12)4;/h10H,5-9H2,1-4H3,(H,18,19);1H. The van der Waals surface area contributed by atoms with Crippen molar-refractivity contribution in [2.24, 2.45) is 12.0 Å². The fourth-order valence-electron chi connectivity index (χ4n) is 2.62. The molecule has 1 atom stereocenters. The number of alkyl halides is 3. The fourth-order valence-corrected chi connectivity index (χ4v) is 2.62. The van der Waals surface area contributed by atoms with E-state index < -0.39 is 12.2 Å². The summed E-state index contributed by atoms with van der Waals surface area (Å²) in [6, 6.07) is -1.42. The van der Waals surface area contributed by atoms with Gasteiger partial charge in [-0.1, -0.05) is 0 Å². The van der Waals surface area contributed by atoms with Crippen LogP contribution in [0.4, 0.5) is 13.2 Å². The minimum absolute atomic E-state index is 0. The number of aliphatic imine (C=N–C) groups is 1. The van der Waals surface area contributed by atoms with Crippen molar-refractivity contribution < 1.29 is 13.2 Å². The van der Waals surface area contributed by atoms with E-state index in [4.69, 9.17) is 0 Å². The van der Waals surface area contributed by atoms with Gasteiger partial charge in [0, 0.05) is 40.3 Å². The van der Waals surface area contributed by atoms with Crippen LogP contribution < -0.4 is 5.32 Å². The van der Waals surface area contributed by atoms with E-state index in [0.717, 1.165) is 11.6 Å². The summed E-state index contributed by atoms with van der Waals surface area (Å²) in [4.78, 5) is 7.63. The molecule has 2 heterocycles. The highest BCUT2D eigenvalue weighted by Crippen LogP contribution is 2.25. The van der Waals surface area contributed by atoms with Crippen LogP contribution in [0.3, 0.4) is 0 Å². The molecule has 7 nitrogen and oxygen atoms in total. The lowest BCUT2D eigenvalue weighted by atomic mass is 10.2. The summed E-state index contributed by atoms with van der Waals surface area (Å²) >= 11 is 0. The molecule has 0 radical (unpaired) electrons. The number of hydrogen-bond acceptors (Lipinski definition) is 4. The van der Waals surface area contributed by atoms with E-state index in [1.165, 1.54) is 11.8 Å². The van der Waals surface area contributed by atoms with Gasteiger partial charge in [0.25, 0.3) is 0 Å². The highest BCUT2D eigenvalue weighted by atomic mass is 127. The first-order valence-electron chi connectivity index (χ1n) is 7.85. The van der Waals surface area contributed by atoms with Crippen LogP contribution >= 0.6 is 24.0 Å². The van der Waals surface area contributed by atoms with Gasteiger partial charge < -0.3 is 14.8 Å². The Morgan fingerprint density at radius 2 is 1.84 bits per heavy atom. The van der Waals surface area contributed by atoms with Crippen LogP contribution in [0.2, 0.25) is 0 Å². The number of aryl methyl sites for hydroxylation is 1. The van der Waals surface area contributed by atoms with Crippen LogP contribution in [0.15, 0.2) is 4.99 Å². The average Bonchev–Trinajstić information content (AvgIpc) is 2.86. The average molecular weight is 475 g/mol. The van der Waals surface area contributed by atoms with E-state index in [1.54, 1.807) is 7.05 Å². The molecule has 2 rings (SSSR count).